The molecule has 1 amide bonds. The number of nitrogens with zero attached hydrogens (tertiary/aromatic N) is 2. The van der Waals surface area contributed by atoms with Crippen LogP contribution in [0.1, 0.15) is 134 Å². The van der Waals surface area contributed by atoms with Crippen LogP contribution < -0.4 is 10.9 Å². The van der Waals surface area contributed by atoms with Gasteiger partial charge in [0.05, 0.1) is 47.3 Å². The first-order chi connectivity index (χ1) is 31.0. The minimum Gasteiger partial charge on any atom is -0.481 e. The Labute approximate surface area is 379 Å². The minimum atomic E-state index is -2.05. The number of pyridine rings is 2. The van der Waals surface area contributed by atoms with Crippen molar-refractivity contribution >= 4 is 34.7 Å². The van der Waals surface area contributed by atoms with Crippen LogP contribution in [0.2, 0.25) is 0 Å². The number of hydrogen-bond donors (Lipinski definition) is 5. The first-order valence-electron chi connectivity index (χ1n) is 24.1. The summed E-state index contributed by atoms with van der Waals surface area (Å²) >= 11 is 0. The van der Waals surface area contributed by atoms with E-state index in [-0.39, 0.29) is 90.6 Å². The average Bonchev–Trinajstić information content (AvgIpc) is 3.83. The Morgan fingerprint density at radius 3 is 2.49 bits per heavy atom. The number of carboxylic acid groups (broad SMARTS) is 1. The van der Waals surface area contributed by atoms with E-state index in [1.54, 1.807) is 17.6 Å². The van der Waals surface area contributed by atoms with E-state index >= 15 is 0 Å². The van der Waals surface area contributed by atoms with E-state index in [4.69, 9.17) is 14.5 Å². The number of aliphatic carboxylic acids is 1. The zero-order chi connectivity index (χ0) is 46.3. The van der Waals surface area contributed by atoms with Crippen LogP contribution in [-0.4, -0.2) is 78.1 Å². The van der Waals surface area contributed by atoms with Crippen LogP contribution in [-0.2, 0) is 53.8 Å². The van der Waals surface area contributed by atoms with E-state index in [0.717, 1.165) is 47.7 Å². The van der Waals surface area contributed by atoms with Crippen molar-refractivity contribution in [3.8, 4) is 11.4 Å². The van der Waals surface area contributed by atoms with Crippen LogP contribution in [0.25, 0.3) is 22.3 Å². The van der Waals surface area contributed by atoms with Gasteiger partial charge in [0.25, 0.3) is 5.56 Å². The molecule has 350 valence electrons. The van der Waals surface area contributed by atoms with Gasteiger partial charge in [0.15, 0.2) is 0 Å². The highest BCUT2D eigenvalue weighted by molar-refractivity contribution is 5.91. The lowest BCUT2D eigenvalue weighted by Crippen LogP contribution is -2.62. The van der Waals surface area contributed by atoms with Crippen LogP contribution in [0.4, 0.5) is 0 Å². The van der Waals surface area contributed by atoms with E-state index in [2.05, 4.69) is 33.0 Å². The summed E-state index contributed by atoms with van der Waals surface area (Å²) in [7, 11) is 0. The van der Waals surface area contributed by atoms with Gasteiger partial charge >= 0.3 is 17.9 Å². The van der Waals surface area contributed by atoms with Gasteiger partial charge in [-0.1, -0.05) is 52.8 Å². The number of para-hydroxylation sites is 1. The molecule has 13 atom stereocenters. The highest BCUT2D eigenvalue weighted by Crippen LogP contribution is 2.68. The van der Waals surface area contributed by atoms with Crippen molar-refractivity contribution in [3.63, 3.8) is 0 Å². The number of nitrogens with one attached hydrogen (secondary N) is 1. The summed E-state index contributed by atoms with van der Waals surface area (Å²) in [4.78, 5) is 73.0. The molecule has 14 heteroatoms. The number of aliphatic hydroxyl groups is 3. The molecule has 3 aromatic rings. The van der Waals surface area contributed by atoms with Crippen LogP contribution in [0.15, 0.2) is 35.1 Å². The molecule has 6 aliphatic rings. The van der Waals surface area contributed by atoms with Gasteiger partial charge in [-0.3, -0.25) is 14.4 Å². The summed E-state index contributed by atoms with van der Waals surface area (Å²) in [6.07, 6.45) is 4.22. The SMILES string of the molecule is CCc1c2c(nc3ccccc13)-c1cc3c(c(=O)n1C2)COC(=O)[C@@]3(CC)OC(=O)C(CCC(=O)O)NC(=O)CC[C@@H](C)C1CCC2C3C(O)CC4CC(O)CCC4(C)C3CC(O)C21C. The number of hydrogen-bond acceptors (Lipinski definition) is 11. The second-order valence-electron chi connectivity index (χ2n) is 20.9. The first kappa shape index (κ1) is 45.5. The number of ether oxygens (including phenoxy) is 2. The van der Waals surface area contributed by atoms with Crippen molar-refractivity contribution in [1.82, 2.24) is 14.9 Å². The van der Waals surface area contributed by atoms with Gasteiger partial charge in [0, 0.05) is 29.4 Å². The van der Waals surface area contributed by atoms with Gasteiger partial charge in [-0.15, -0.1) is 0 Å². The van der Waals surface area contributed by atoms with E-state index in [1.165, 1.54) is 0 Å². The molecule has 4 fully saturated rings. The number of carbonyl (C=O) groups excluding carboxylic acids is 3. The Bertz CT molecular complexity index is 2490. The first-order valence-corrected chi connectivity index (χ1v) is 24.1. The summed E-state index contributed by atoms with van der Waals surface area (Å²) in [5, 5.41) is 47.6. The monoisotopic (exact) mass is 895 g/mol. The molecule has 4 aliphatic carbocycles. The van der Waals surface area contributed by atoms with Gasteiger partial charge < -0.3 is 39.8 Å². The standard InChI is InChI=1S/C51H65N3O11/c1-6-29-30-10-8-9-11-37(30)53-45-31(29)24-54-39(45)22-35-32(46(54)61)25-64-48(63)51(35,7-2)65-47(62)38(15-17-43(59)60)52-42(58)16-12-26(3)33-13-14-34-44-36(23-41(57)50(33,34)5)49(4)19-18-28(55)20-27(49)21-40(44)56/h8-11,22,26-28,33-34,36,38,40-41,44,55-57H,6-7,12-21,23-25H2,1-5H3,(H,52,58)(H,59,60)/t26-,27?,28?,33?,34?,36?,38?,40?,41?,44?,49?,50?,51+/m1/s1. The van der Waals surface area contributed by atoms with Crippen molar-refractivity contribution in [2.75, 3.05) is 0 Å². The van der Waals surface area contributed by atoms with Crippen molar-refractivity contribution in [1.29, 1.82) is 0 Å². The van der Waals surface area contributed by atoms with E-state index < -0.39 is 65.1 Å². The molecule has 1 aromatic carbocycles. The highest BCUT2D eigenvalue weighted by atomic mass is 16.6. The van der Waals surface area contributed by atoms with Crippen molar-refractivity contribution < 1.29 is 49.1 Å². The molecular formula is C51H65N3O11. The largest absolute Gasteiger partial charge is 0.481 e. The Hall–Kier alpha value is -4.66. The van der Waals surface area contributed by atoms with Crippen LogP contribution in [0.3, 0.4) is 0 Å². The Balaban J connectivity index is 0.923. The van der Waals surface area contributed by atoms with Crippen molar-refractivity contribution in [2.24, 2.45) is 46.3 Å². The Kier molecular flexibility index (Phi) is 11.8. The van der Waals surface area contributed by atoms with Gasteiger partial charge in [-0.05, 0) is 135 Å². The Morgan fingerprint density at radius 2 is 1.75 bits per heavy atom. The molecule has 0 saturated heterocycles. The molecule has 4 heterocycles. The third-order valence-corrected chi connectivity index (χ3v) is 17.9. The number of aryl methyl sites for hydroxylation is 1. The fourth-order valence-corrected chi connectivity index (χ4v) is 14.4. The van der Waals surface area contributed by atoms with Gasteiger partial charge in [-0.25, -0.2) is 14.6 Å². The summed E-state index contributed by atoms with van der Waals surface area (Å²) in [6, 6.07) is 8.04. The topological polar surface area (TPSA) is 215 Å². The lowest BCUT2D eigenvalue weighted by molar-refractivity contribution is -0.207. The molecule has 0 radical (unpaired) electrons. The number of esters is 2. The van der Waals surface area contributed by atoms with Gasteiger partial charge in [-0.2, -0.15) is 0 Å². The maximum absolute atomic E-state index is 14.3. The lowest BCUT2D eigenvalue weighted by Gasteiger charge is -2.63. The maximum atomic E-state index is 14.3. The zero-order valence-corrected chi connectivity index (χ0v) is 38.3. The predicted molar refractivity (Wildman–Crippen MR) is 239 cm³/mol. The zero-order valence-electron chi connectivity index (χ0n) is 38.3. The Morgan fingerprint density at radius 1 is 0.985 bits per heavy atom. The molecule has 0 spiro atoms. The number of aliphatic hydroxyl groups excluding tert-OH is 3. The number of carbonyl (C=O) groups is 4. The van der Waals surface area contributed by atoms with E-state index in [9.17, 15) is 44.4 Å². The molecule has 11 unspecified atom stereocenters. The summed E-state index contributed by atoms with van der Waals surface area (Å²) in [5.41, 5.74) is 1.25. The number of cyclic esters (lactones) is 1. The number of amides is 1. The average molecular weight is 896 g/mol. The van der Waals surface area contributed by atoms with E-state index in [1.807, 2.05) is 24.3 Å². The van der Waals surface area contributed by atoms with Crippen molar-refractivity contribution in [3.05, 3.63) is 62.9 Å². The minimum absolute atomic E-state index is 0.00374. The smallest absolute Gasteiger partial charge is 0.355 e. The van der Waals surface area contributed by atoms with Crippen LogP contribution >= 0.6 is 0 Å². The summed E-state index contributed by atoms with van der Waals surface area (Å²) < 4.78 is 13.3. The van der Waals surface area contributed by atoms with Gasteiger partial charge in [0.2, 0.25) is 11.5 Å². The molecule has 0 bridgehead atoms. The van der Waals surface area contributed by atoms with Gasteiger partial charge in [0.1, 0.15) is 12.6 Å². The van der Waals surface area contributed by atoms with Crippen LogP contribution in [0.5, 0.6) is 0 Å². The number of fused-ring (bicyclic) bond motifs is 10. The lowest BCUT2D eigenvalue weighted by atomic mass is 9.43. The highest BCUT2D eigenvalue weighted by Gasteiger charge is 2.66. The molecule has 14 nitrogen and oxygen atoms in total. The summed E-state index contributed by atoms with van der Waals surface area (Å²) in [5.74, 6) is -2.90. The second-order valence-corrected chi connectivity index (χ2v) is 20.9. The molecule has 5 N–H and O–H groups in total. The molecular weight excluding hydrogens is 831 g/mol. The normalized spacial score (nSPS) is 34.2. The molecule has 2 aliphatic heterocycles. The quantitative estimate of drug-likeness (QED) is 0.105. The number of benzene rings is 1. The maximum Gasteiger partial charge on any atom is 0.355 e. The van der Waals surface area contributed by atoms with E-state index in [0.29, 0.717) is 43.5 Å². The molecule has 9 rings (SSSR count). The molecule has 2 aromatic heterocycles. The molecule has 4 saturated carbocycles. The predicted octanol–water partition coefficient (Wildman–Crippen LogP) is 5.92. The third-order valence-electron chi connectivity index (χ3n) is 17.9. The number of rotatable bonds is 12. The molecule has 65 heavy (non-hydrogen) atoms. The van der Waals surface area contributed by atoms with Crippen LogP contribution in [0, 0.1) is 46.3 Å². The fraction of sp³-hybridized carbons (Fsp3) is 0.647. The number of aromatic nitrogens is 2. The second kappa shape index (κ2) is 16.9. The third kappa shape index (κ3) is 7.22. The van der Waals surface area contributed by atoms with Crippen molar-refractivity contribution in [2.45, 2.75) is 161 Å². The summed E-state index contributed by atoms with van der Waals surface area (Å²) in [6.45, 7) is 10.2. The number of carboxylic acids is 1. The fourth-order valence-electron chi connectivity index (χ4n) is 14.4.